The first-order valence-corrected chi connectivity index (χ1v) is 11.4. The van der Waals surface area contributed by atoms with Gasteiger partial charge in [0.15, 0.2) is 5.65 Å². The Morgan fingerprint density at radius 2 is 1.81 bits per heavy atom. The lowest BCUT2D eigenvalue weighted by molar-refractivity contribution is -0.121. The molecule has 6 heteroatoms. The second-order valence-corrected chi connectivity index (χ2v) is 8.58. The predicted octanol–water partition coefficient (Wildman–Crippen LogP) is 3.88. The molecule has 0 saturated carbocycles. The summed E-state index contributed by atoms with van der Waals surface area (Å²) in [5.74, 6) is 0.122. The van der Waals surface area contributed by atoms with Gasteiger partial charge in [-0.05, 0) is 89.3 Å². The maximum Gasteiger partial charge on any atom is 0.220 e. The number of aromatic nitrogens is 3. The number of amides is 1. The van der Waals surface area contributed by atoms with Crippen LogP contribution in [0.5, 0.6) is 0 Å². The molecular formula is C25H33N5O. The fourth-order valence-electron chi connectivity index (χ4n) is 4.69. The van der Waals surface area contributed by atoms with Crippen molar-refractivity contribution in [1.82, 2.24) is 25.0 Å². The Balaban J connectivity index is 1.42. The van der Waals surface area contributed by atoms with E-state index in [9.17, 15) is 4.79 Å². The van der Waals surface area contributed by atoms with E-state index in [1.54, 1.807) is 0 Å². The van der Waals surface area contributed by atoms with Crippen LogP contribution in [0.4, 0.5) is 0 Å². The van der Waals surface area contributed by atoms with Crippen molar-refractivity contribution in [3.8, 4) is 5.69 Å². The van der Waals surface area contributed by atoms with E-state index in [-0.39, 0.29) is 5.91 Å². The first-order chi connectivity index (χ1) is 15.0. The van der Waals surface area contributed by atoms with Crippen molar-refractivity contribution in [2.75, 3.05) is 26.2 Å². The number of likely N-dealkylation sites (tertiary alicyclic amines) is 1. The minimum Gasteiger partial charge on any atom is -0.356 e. The van der Waals surface area contributed by atoms with E-state index in [1.165, 1.54) is 31.5 Å². The molecule has 1 amide bonds. The van der Waals surface area contributed by atoms with Crippen molar-refractivity contribution < 1.29 is 4.79 Å². The Kier molecular flexibility index (Phi) is 6.66. The molecule has 0 atom stereocenters. The Morgan fingerprint density at radius 1 is 1.06 bits per heavy atom. The quantitative estimate of drug-likeness (QED) is 0.563. The standard InChI is InChI=1S/C25H33N5O/c1-18-22(12-13-23(31)26-14-9-17-29-15-7-8-16-29)19(2)27-25-24(18)20(3)28-30(25)21-10-5-4-6-11-21/h4-6,10-11H,7-9,12-17H2,1-3H3,(H,26,31). The molecule has 6 nitrogen and oxygen atoms in total. The molecule has 1 N–H and O–H groups in total. The van der Waals surface area contributed by atoms with Gasteiger partial charge in [0.25, 0.3) is 0 Å². The van der Waals surface area contributed by atoms with Crippen LogP contribution in [0.1, 0.15) is 48.2 Å². The van der Waals surface area contributed by atoms with E-state index in [2.05, 4.69) is 17.1 Å². The van der Waals surface area contributed by atoms with Crippen LogP contribution in [-0.4, -0.2) is 51.8 Å². The Morgan fingerprint density at radius 3 is 2.55 bits per heavy atom. The molecule has 3 aromatic rings. The number of para-hydroxylation sites is 1. The normalized spacial score (nSPS) is 14.4. The number of rotatable bonds is 8. The number of hydrogen-bond acceptors (Lipinski definition) is 4. The summed E-state index contributed by atoms with van der Waals surface area (Å²) < 4.78 is 1.92. The zero-order chi connectivity index (χ0) is 21.8. The zero-order valence-electron chi connectivity index (χ0n) is 18.9. The topological polar surface area (TPSA) is 63.1 Å². The van der Waals surface area contributed by atoms with Gasteiger partial charge in [-0.2, -0.15) is 5.10 Å². The van der Waals surface area contributed by atoms with Crippen molar-refractivity contribution in [3.63, 3.8) is 0 Å². The maximum atomic E-state index is 12.4. The third-order valence-corrected chi connectivity index (χ3v) is 6.35. The maximum absolute atomic E-state index is 12.4. The summed E-state index contributed by atoms with van der Waals surface area (Å²) in [5.41, 5.74) is 6.18. The van der Waals surface area contributed by atoms with Crippen LogP contribution >= 0.6 is 0 Å². The molecule has 164 valence electrons. The summed E-state index contributed by atoms with van der Waals surface area (Å²) in [6, 6.07) is 10.1. The molecule has 0 unspecified atom stereocenters. The fraction of sp³-hybridized carbons (Fsp3) is 0.480. The second-order valence-electron chi connectivity index (χ2n) is 8.58. The van der Waals surface area contributed by atoms with Gasteiger partial charge < -0.3 is 10.2 Å². The number of nitrogens with one attached hydrogen (secondary N) is 1. The van der Waals surface area contributed by atoms with Crippen LogP contribution in [-0.2, 0) is 11.2 Å². The summed E-state index contributed by atoms with van der Waals surface area (Å²) in [6.45, 7) is 10.5. The number of fused-ring (bicyclic) bond motifs is 1. The monoisotopic (exact) mass is 419 g/mol. The van der Waals surface area contributed by atoms with E-state index in [1.807, 2.05) is 48.9 Å². The zero-order valence-corrected chi connectivity index (χ0v) is 18.9. The molecule has 0 aliphatic carbocycles. The highest BCUT2D eigenvalue weighted by Crippen LogP contribution is 2.28. The van der Waals surface area contributed by atoms with Crippen LogP contribution in [0, 0.1) is 20.8 Å². The van der Waals surface area contributed by atoms with Gasteiger partial charge >= 0.3 is 0 Å². The first-order valence-electron chi connectivity index (χ1n) is 11.4. The summed E-state index contributed by atoms with van der Waals surface area (Å²) in [4.78, 5) is 19.8. The lowest BCUT2D eigenvalue weighted by Gasteiger charge is -2.14. The molecular weight excluding hydrogens is 386 g/mol. The van der Waals surface area contributed by atoms with Gasteiger partial charge in [0.05, 0.1) is 11.4 Å². The van der Waals surface area contributed by atoms with Crippen LogP contribution < -0.4 is 5.32 Å². The molecule has 1 saturated heterocycles. The molecule has 1 fully saturated rings. The molecule has 0 spiro atoms. The predicted molar refractivity (Wildman–Crippen MR) is 125 cm³/mol. The lowest BCUT2D eigenvalue weighted by atomic mass is 9.99. The first kappa shape index (κ1) is 21.5. The molecule has 0 radical (unpaired) electrons. The number of pyridine rings is 1. The number of carbonyl (C=O) groups is 1. The number of hydrogen-bond donors (Lipinski definition) is 1. The third-order valence-electron chi connectivity index (χ3n) is 6.35. The van der Waals surface area contributed by atoms with Gasteiger partial charge in [0.2, 0.25) is 5.91 Å². The van der Waals surface area contributed by atoms with E-state index >= 15 is 0 Å². The molecule has 31 heavy (non-hydrogen) atoms. The van der Waals surface area contributed by atoms with Gasteiger partial charge in [-0.1, -0.05) is 18.2 Å². The summed E-state index contributed by atoms with van der Waals surface area (Å²) in [6.07, 6.45) is 4.84. The second kappa shape index (κ2) is 9.60. The number of carbonyl (C=O) groups excluding carboxylic acids is 1. The lowest BCUT2D eigenvalue weighted by Crippen LogP contribution is -2.28. The van der Waals surface area contributed by atoms with Crippen LogP contribution in [0.2, 0.25) is 0 Å². The Labute approximate surface area is 184 Å². The van der Waals surface area contributed by atoms with E-state index in [0.29, 0.717) is 12.8 Å². The smallest absolute Gasteiger partial charge is 0.220 e. The Hall–Kier alpha value is -2.73. The minimum atomic E-state index is 0.122. The summed E-state index contributed by atoms with van der Waals surface area (Å²) in [7, 11) is 0. The van der Waals surface area contributed by atoms with E-state index < -0.39 is 0 Å². The Bertz CT molecular complexity index is 1050. The van der Waals surface area contributed by atoms with Crippen LogP contribution in [0.15, 0.2) is 30.3 Å². The van der Waals surface area contributed by atoms with Gasteiger partial charge in [0.1, 0.15) is 0 Å². The molecule has 3 heterocycles. The van der Waals surface area contributed by atoms with Crippen LogP contribution in [0.25, 0.3) is 16.7 Å². The largest absolute Gasteiger partial charge is 0.356 e. The molecule has 2 aromatic heterocycles. The molecule has 1 aliphatic rings. The van der Waals surface area contributed by atoms with E-state index in [0.717, 1.165) is 53.2 Å². The average molecular weight is 420 g/mol. The van der Waals surface area contributed by atoms with E-state index in [4.69, 9.17) is 10.1 Å². The number of aryl methyl sites for hydroxylation is 3. The number of nitrogens with zero attached hydrogens (tertiary/aromatic N) is 4. The highest BCUT2D eigenvalue weighted by Gasteiger charge is 2.18. The molecule has 4 rings (SSSR count). The fourth-order valence-corrected chi connectivity index (χ4v) is 4.69. The SMILES string of the molecule is Cc1nc2c(c(C)nn2-c2ccccc2)c(C)c1CCC(=O)NCCCN1CCCC1. The van der Waals surface area contributed by atoms with Crippen LogP contribution in [0.3, 0.4) is 0 Å². The highest BCUT2D eigenvalue weighted by molar-refractivity contribution is 5.85. The van der Waals surface area contributed by atoms with Crippen molar-refractivity contribution in [1.29, 1.82) is 0 Å². The van der Waals surface area contributed by atoms with Crippen molar-refractivity contribution >= 4 is 16.9 Å². The van der Waals surface area contributed by atoms with Crippen molar-refractivity contribution in [2.45, 2.75) is 52.9 Å². The van der Waals surface area contributed by atoms with Gasteiger partial charge in [-0.3, -0.25) is 4.79 Å². The third kappa shape index (κ3) is 4.79. The summed E-state index contributed by atoms with van der Waals surface area (Å²) >= 11 is 0. The molecule has 0 bridgehead atoms. The van der Waals surface area contributed by atoms with Crippen molar-refractivity contribution in [3.05, 3.63) is 52.8 Å². The highest BCUT2D eigenvalue weighted by atomic mass is 16.1. The average Bonchev–Trinajstić information content (AvgIpc) is 3.39. The number of benzene rings is 1. The van der Waals surface area contributed by atoms with Gasteiger partial charge in [-0.15, -0.1) is 0 Å². The molecule has 1 aromatic carbocycles. The summed E-state index contributed by atoms with van der Waals surface area (Å²) in [5, 5.41) is 8.93. The van der Waals surface area contributed by atoms with Gasteiger partial charge in [-0.25, -0.2) is 9.67 Å². The van der Waals surface area contributed by atoms with Gasteiger partial charge in [0, 0.05) is 24.0 Å². The minimum absolute atomic E-state index is 0.122. The molecule has 1 aliphatic heterocycles. The van der Waals surface area contributed by atoms with Crippen molar-refractivity contribution in [2.24, 2.45) is 0 Å².